The molecule has 0 aliphatic rings. The monoisotopic (exact) mass is 410 g/mol. The van der Waals surface area contributed by atoms with Gasteiger partial charge >= 0.3 is 0 Å². The first kappa shape index (κ1) is 18.4. The largest absolute Gasteiger partial charge is 0.451 e. The number of benzene rings is 2. The number of fused-ring (bicyclic) bond motifs is 1. The lowest BCUT2D eigenvalue weighted by atomic mass is 10.1. The molecule has 0 unspecified atom stereocenters. The number of nitrogens with one attached hydrogen (secondary N) is 1. The number of carbonyl (C=O) groups is 1. The molecule has 28 heavy (non-hydrogen) atoms. The first-order valence-corrected chi connectivity index (χ1v) is 9.72. The van der Waals surface area contributed by atoms with E-state index in [1.165, 1.54) is 17.4 Å². The summed E-state index contributed by atoms with van der Waals surface area (Å²) in [5, 5.41) is 4.28. The van der Waals surface area contributed by atoms with Crippen LogP contribution in [-0.2, 0) is 6.42 Å². The van der Waals surface area contributed by atoms with Crippen molar-refractivity contribution in [1.29, 1.82) is 0 Å². The maximum Gasteiger partial charge on any atom is 0.293 e. The maximum absolute atomic E-state index is 12.5. The van der Waals surface area contributed by atoms with Crippen LogP contribution < -0.4 is 10.7 Å². The highest BCUT2D eigenvalue weighted by atomic mass is 35.5. The average Bonchev–Trinajstić information content (AvgIpc) is 3.11. The van der Waals surface area contributed by atoms with E-state index in [1.807, 2.05) is 37.3 Å². The van der Waals surface area contributed by atoms with Crippen molar-refractivity contribution in [3.8, 4) is 0 Å². The van der Waals surface area contributed by atoms with Crippen molar-refractivity contribution in [2.24, 2.45) is 0 Å². The number of amides is 1. The molecule has 0 aliphatic carbocycles. The van der Waals surface area contributed by atoms with Crippen molar-refractivity contribution in [3.63, 3.8) is 0 Å². The first-order chi connectivity index (χ1) is 13.5. The van der Waals surface area contributed by atoms with E-state index in [2.05, 4.69) is 10.3 Å². The Bertz CT molecular complexity index is 1230. The smallest absolute Gasteiger partial charge is 0.293 e. The lowest BCUT2D eigenvalue weighted by Gasteiger charge is -2.03. The normalized spacial score (nSPS) is 10.9. The number of anilines is 1. The van der Waals surface area contributed by atoms with E-state index in [1.54, 1.807) is 18.3 Å². The fraction of sp³-hybridized carbons (Fsp3) is 0.0952. The molecule has 7 heteroatoms. The van der Waals surface area contributed by atoms with Gasteiger partial charge in [-0.3, -0.25) is 14.9 Å². The summed E-state index contributed by atoms with van der Waals surface area (Å²) >= 11 is 7.27. The number of rotatable bonds is 4. The van der Waals surface area contributed by atoms with Crippen LogP contribution >= 0.6 is 22.9 Å². The Morgan fingerprint density at radius 2 is 1.96 bits per heavy atom. The van der Waals surface area contributed by atoms with E-state index in [-0.39, 0.29) is 11.2 Å². The van der Waals surface area contributed by atoms with Crippen LogP contribution in [0.3, 0.4) is 0 Å². The predicted molar refractivity (Wildman–Crippen MR) is 112 cm³/mol. The van der Waals surface area contributed by atoms with Crippen LogP contribution in [0.4, 0.5) is 5.13 Å². The van der Waals surface area contributed by atoms with Crippen molar-refractivity contribution < 1.29 is 9.21 Å². The van der Waals surface area contributed by atoms with Gasteiger partial charge in [0.25, 0.3) is 5.91 Å². The summed E-state index contributed by atoms with van der Waals surface area (Å²) in [6.45, 7) is 1.89. The van der Waals surface area contributed by atoms with E-state index >= 15 is 0 Å². The minimum Gasteiger partial charge on any atom is -0.451 e. The van der Waals surface area contributed by atoms with Crippen LogP contribution in [0.5, 0.6) is 0 Å². The zero-order chi connectivity index (χ0) is 19.7. The molecule has 2 aromatic carbocycles. The molecule has 1 N–H and O–H groups in total. The number of thiazole rings is 1. The molecular weight excluding hydrogens is 396 g/mol. The number of nitrogens with zero attached hydrogens (tertiary/aromatic N) is 1. The first-order valence-electron chi connectivity index (χ1n) is 8.53. The Balaban J connectivity index is 1.52. The topological polar surface area (TPSA) is 72.2 Å². The van der Waals surface area contributed by atoms with Gasteiger partial charge in [-0.05, 0) is 36.8 Å². The molecule has 1 amide bonds. The summed E-state index contributed by atoms with van der Waals surface area (Å²) in [5.41, 5.74) is 2.18. The molecule has 0 spiro atoms. The van der Waals surface area contributed by atoms with Crippen molar-refractivity contribution in [2.75, 3.05) is 5.32 Å². The number of hydrogen-bond donors (Lipinski definition) is 1. The standard InChI is InChI=1S/C21H15ClN2O3S/c1-12-2-7-18-16(8-12)17(25)10-19(27-18)20(26)24-21-23-11-15(28-21)9-13-3-5-14(22)6-4-13/h2-8,10-11H,9H2,1H3,(H,23,24,26). The summed E-state index contributed by atoms with van der Waals surface area (Å²) in [4.78, 5) is 30.0. The fourth-order valence-electron chi connectivity index (χ4n) is 2.79. The van der Waals surface area contributed by atoms with E-state index < -0.39 is 5.91 Å². The van der Waals surface area contributed by atoms with Crippen LogP contribution in [-0.4, -0.2) is 10.9 Å². The van der Waals surface area contributed by atoms with E-state index in [0.29, 0.717) is 27.5 Å². The number of halogens is 1. The van der Waals surface area contributed by atoms with Crippen molar-refractivity contribution >= 4 is 44.9 Å². The highest BCUT2D eigenvalue weighted by Crippen LogP contribution is 2.23. The molecule has 4 aromatic rings. The summed E-state index contributed by atoms with van der Waals surface area (Å²) in [6.07, 6.45) is 2.41. The number of aromatic nitrogens is 1. The molecule has 2 heterocycles. The molecule has 0 saturated heterocycles. The third-order valence-corrected chi connectivity index (χ3v) is 5.34. The minimum atomic E-state index is -0.507. The number of carbonyl (C=O) groups excluding carboxylic acids is 1. The summed E-state index contributed by atoms with van der Waals surface area (Å²) in [6, 6.07) is 14.0. The van der Waals surface area contributed by atoms with Gasteiger partial charge in [-0.25, -0.2) is 4.98 Å². The minimum absolute atomic E-state index is 0.0456. The highest BCUT2D eigenvalue weighted by Gasteiger charge is 2.14. The van der Waals surface area contributed by atoms with E-state index in [0.717, 1.165) is 16.0 Å². The Hall–Kier alpha value is -2.96. The molecule has 0 saturated carbocycles. The van der Waals surface area contributed by atoms with Crippen LogP contribution in [0.1, 0.15) is 26.6 Å². The second-order valence-corrected chi connectivity index (χ2v) is 7.92. The molecule has 0 bridgehead atoms. The maximum atomic E-state index is 12.5. The zero-order valence-corrected chi connectivity index (χ0v) is 16.4. The lowest BCUT2D eigenvalue weighted by molar-refractivity contribution is 0.0997. The average molecular weight is 411 g/mol. The SMILES string of the molecule is Cc1ccc2oc(C(=O)Nc3ncc(Cc4ccc(Cl)cc4)s3)cc(=O)c2c1. The Kier molecular flexibility index (Phi) is 4.98. The molecule has 2 aromatic heterocycles. The van der Waals surface area contributed by atoms with E-state index in [4.69, 9.17) is 16.0 Å². The van der Waals surface area contributed by atoms with Gasteiger partial charge in [-0.1, -0.05) is 35.4 Å². The Morgan fingerprint density at radius 3 is 2.75 bits per heavy atom. The van der Waals surface area contributed by atoms with Crippen LogP contribution in [0.15, 0.2) is 63.9 Å². The number of hydrogen-bond acceptors (Lipinski definition) is 5. The van der Waals surface area contributed by atoms with Crippen molar-refractivity contribution in [2.45, 2.75) is 13.3 Å². The fourth-order valence-corrected chi connectivity index (χ4v) is 3.76. The summed E-state index contributed by atoms with van der Waals surface area (Å²) < 4.78 is 5.60. The quantitative estimate of drug-likeness (QED) is 0.510. The molecule has 0 aliphatic heterocycles. The summed E-state index contributed by atoms with van der Waals surface area (Å²) in [5.74, 6) is -0.553. The van der Waals surface area contributed by atoms with Gasteiger partial charge in [0.15, 0.2) is 16.3 Å². The molecule has 140 valence electrons. The second-order valence-electron chi connectivity index (χ2n) is 6.36. The Morgan fingerprint density at radius 1 is 1.18 bits per heavy atom. The van der Waals surface area contributed by atoms with Gasteiger partial charge in [0.1, 0.15) is 5.58 Å². The van der Waals surface area contributed by atoms with Gasteiger partial charge < -0.3 is 4.42 Å². The van der Waals surface area contributed by atoms with Gasteiger partial charge in [0, 0.05) is 28.6 Å². The van der Waals surface area contributed by atoms with Gasteiger partial charge in [0.2, 0.25) is 0 Å². The zero-order valence-electron chi connectivity index (χ0n) is 14.9. The predicted octanol–water partition coefficient (Wildman–Crippen LogP) is 5.05. The van der Waals surface area contributed by atoms with E-state index in [9.17, 15) is 9.59 Å². The van der Waals surface area contributed by atoms with Crippen LogP contribution in [0, 0.1) is 6.92 Å². The molecular formula is C21H15ClN2O3S. The molecule has 5 nitrogen and oxygen atoms in total. The molecule has 0 radical (unpaired) electrons. The van der Waals surface area contributed by atoms with Gasteiger partial charge in [0.05, 0.1) is 5.39 Å². The van der Waals surface area contributed by atoms with Crippen LogP contribution in [0.25, 0.3) is 11.0 Å². The third kappa shape index (κ3) is 3.98. The molecule has 0 fully saturated rings. The van der Waals surface area contributed by atoms with Gasteiger partial charge in [-0.15, -0.1) is 11.3 Å². The molecule has 4 rings (SSSR count). The van der Waals surface area contributed by atoms with Crippen molar-refractivity contribution in [3.05, 3.63) is 91.7 Å². The van der Waals surface area contributed by atoms with Gasteiger partial charge in [-0.2, -0.15) is 0 Å². The highest BCUT2D eigenvalue weighted by molar-refractivity contribution is 7.15. The Labute approximate surface area is 169 Å². The number of aryl methyl sites for hydroxylation is 1. The third-order valence-electron chi connectivity index (χ3n) is 4.17. The van der Waals surface area contributed by atoms with Crippen molar-refractivity contribution in [1.82, 2.24) is 4.98 Å². The lowest BCUT2D eigenvalue weighted by Crippen LogP contribution is -2.14. The van der Waals surface area contributed by atoms with Crippen LogP contribution in [0.2, 0.25) is 5.02 Å². The summed E-state index contributed by atoms with van der Waals surface area (Å²) in [7, 11) is 0. The second kappa shape index (κ2) is 7.58. The molecule has 0 atom stereocenters.